The van der Waals surface area contributed by atoms with Crippen molar-refractivity contribution in [3.8, 4) is 10.4 Å². The van der Waals surface area contributed by atoms with Gasteiger partial charge in [0.05, 0.1) is 5.69 Å². The molecular formula is C25H34F2N6O3S2. The van der Waals surface area contributed by atoms with Crippen LogP contribution < -0.4 is 21.5 Å². The average molecular weight is 569 g/mol. The molecule has 1 aromatic heterocycles. The van der Waals surface area contributed by atoms with Crippen molar-refractivity contribution < 1.29 is 22.0 Å². The molecule has 13 heteroatoms. The first-order valence-electron chi connectivity index (χ1n) is 12.4. The number of amides is 1. The first kappa shape index (κ1) is 29.5. The van der Waals surface area contributed by atoms with Crippen molar-refractivity contribution in [3.05, 3.63) is 47.4 Å². The molecule has 0 radical (unpaired) electrons. The Labute approximate surface area is 226 Å². The van der Waals surface area contributed by atoms with Gasteiger partial charge in [-0.05, 0) is 55.2 Å². The number of rotatable bonds is 12. The third kappa shape index (κ3) is 7.74. The quantitative estimate of drug-likeness (QED) is 0.175. The van der Waals surface area contributed by atoms with Gasteiger partial charge in [-0.1, -0.05) is 25.1 Å². The number of carbonyl (C=O) groups excluding carboxylic acids is 1. The molecule has 1 fully saturated rings. The second-order valence-electron chi connectivity index (χ2n) is 8.89. The van der Waals surface area contributed by atoms with Crippen LogP contribution >= 0.6 is 11.3 Å². The number of nitrogens with one attached hydrogen (secondary N) is 2. The molecule has 38 heavy (non-hydrogen) atoms. The summed E-state index contributed by atoms with van der Waals surface area (Å²) in [6.45, 7) is 2.93. The number of nitrogens with zero attached hydrogens (tertiary/aromatic N) is 2. The fourth-order valence-electron chi connectivity index (χ4n) is 4.22. The molecule has 6 N–H and O–H groups in total. The van der Waals surface area contributed by atoms with Gasteiger partial charge in [0.2, 0.25) is 15.9 Å². The van der Waals surface area contributed by atoms with E-state index in [4.69, 9.17) is 11.5 Å². The topological polar surface area (TPSA) is 143 Å². The number of piperidine rings is 1. The largest absolute Gasteiger partial charge is 0.383 e. The number of para-hydroxylation sites is 1. The van der Waals surface area contributed by atoms with Gasteiger partial charge in [0.1, 0.15) is 10.9 Å². The van der Waals surface area contributed by atoms with Crippen LogP contribution in [0, 0.1) is 0 Å². The lowest BCUT2D eigenvalue weighted by Gasteiger charge is -2.31. The van der Waals surface area contributed by atoms with Gasteiger partial charge in [0.25, 0.3) is 6.08 Å². The molecule has 0 aliphatic carbocycles. The number of hydrogen-bond acceptors (Lipinski definition) is 6. The Hall–Kier alpha value is -3.03. The Bertz CT molecular complexity index is 1250. The van der Waals surface area contributed by atoms with E-state index in [-0.39, 0.29) is 55.3 Å². The van der Waals surface area contributed by atoms with Crippen molar-refractivity contribution in [2.45, 2.75) is 50.0 Å². The fraction of sp³-hybridized carbons (Fsp3) is 0.440. The number of carbonyl (C=O) groups is 1. The van der Waals surface area contributed by atoms with Crippen LogP contribution in [0.3, 0.4) is 0 Å². The Balaban J connectivity index is 1.90. The van der Waals surface area contributed by atoms with Crippen LogP contribution in [0.1, 0.15) is 39.0 Å². The van der Waals surface area contributed by atoms with E-state index in [0.717, 1.165) is 16.9 Å². The van der Waals surface area contributed by atoms with E-state index in [2.05, 4.69) is 15.0 Å². The van der Waals surface area contributed by atoms with Gasteiger partial charge in [-0.25, -0.2) is 8.42 Å². The monoisotopic (exact) mass is 568 g/mol. The smallest absolute Gasteiger partial charge is 0.269 e. The summed E-state index contributed by atoms with van der Waals surface area (Å²) in [5.74, 6) is -0.567. The van der Waals surface area contributed by atoms with Gasteiger partial charge in [0, 0.05) is 36.6 Å². The lowest BCUT2D eigenvalue weighted by Crippen LogP contribution is -2.50. The number of nitrogens with two attached hydrogens (primary N) is 2. The number of guanidine groups is 1. The zero-order valence-electron chi connectivity index (χ0n) is 21.3. The molecule has 1 atom stereocenters. The standard InChI is InChI=1S/C25H34F2N6O3S2/c1-2-12-30-22-18(20-8-5-16-37-20)6-3-9-21(22)38(35,36)32-19(7-4-13-31-25(28)29)24(34)33-14-10-17(11-15-33)23(26)27/h3,5-6,8-9,16,19,30,32H,2,4,7,10-15H2,1H3,(H4,28,29,31). The number of anilines is 1. The minimum absolute atomic E-state index is 0.0240. The predicted molar refractivity (Wildman–Crippen MR) is 148 cm³/mol. The highest BCUT2D eigenvalue weighted by Crippen LogP contribution is 2.36. The maximum atomic E-state index is 13.7. The molecule has 1 aliphatic heterocycles. The van der Waals surface area contributed by atoms with E-state index < -0.39 is 28.1 Å². The van der Waals surface area contributed by atoms with E-state index in [1.54, 1.807) is 6.07 Å². The van der Waals surface area contributed by atoms with Crippen LogP contribution in [0.15, 0.2) is 57.3 Å². The Morgan fingerprint density at radius 3 is 2.53 bits per heavy atom. The van der Waals surface area contributed by atoms with Gasteiger partial charge in [0.15, 0.2) is 5.96 Å². The highest BCUT2D eigenvalue weighted by molar-refractivity contribution is 7.89. The zero-order valence-corrected chi connectivity index (χ0v) is 22.9. The molecule has 1 amide bonds. The Morgan fingerprint density at radius 2 is 1.92 bits per heavy atom. The summed E-state index contributed by atoms with van der Waals surface area (Å²) >= 11 is 1.49. The summed E-state index contributed by atoms with van der Waals surface area (Å²) in [5, 5.41) is 5.16. The van der Waals surface area contributed by atoms with Crippen LogP contribution in [0.25, 0.3) is 10.4 Å². The highest BCUT2D eigenvalue weighted by Gasteiger charge is 2.32. The molecule has 0 spiro atoms. The Kier molecular flexibility index (Phi) is 10.6. The summed E-state index contributed by atoms with van der Waals surface area (Å²) in [4.78, 5) is 19.7. The van der Waals surface area contributed by atoms with Crippen LogP contribution in [0.4, 0.5) is 14.5 Å². The molecule has 9 nitrogen and oxygen atoms in total. The highest BCUT2D eigenvalue weighted by atomic mass is 32.2. The van der Waals surface area contributed by atoms with Gasteiger partial charge >= 0.3 is 0 Å². The van der Waals surface area contributed by atoms with Gasteiger partial charge in [-0.2, -0.15) is 13.5 Å². The molecule has 208 valence electrons. The van der Waals surface area contributed by atoms with E-state index >= 15 is 0 Å². The van der Waals surface area contributed by atoms with Crippen molar-refractivity contribution in [3.63, 3.8) is 0 Å². The lowest BCUT2D eigenvalue weighted by molar-refractivity contribution is -0.133. The SMILES string of the molecule is CCCNc1c(-c2cccs2)cccc1S(=O)(=O)NC(CCCN=C(N)N)C(=O)N1CCC(=C(F)F)CC1. The number of halogens is 2. The lowest BCUT2D eigenvalue weighted by atomic mass is 10.0. The van der Waals surface area contributed by atoms with Crippen molar-refractivity contribution in [1.29, 1.82) is 0 Å². The van der Waals surface area contributed by atoms with E-state index in [0.29, 0.717) is 18.7 Å². The summed E-state index contributed by atoms with van der Waals surface area (Å²) in [6, 6.07) is 7.71. The van der Waals surface area contributed by atoms with Crippen molar-refractivity contribution in [2.24, 2.45) is 16.5 Å². The Morgan fingerprint density at radius 1 is 1.18 bits per heavy atom. The molecule has 2 aromatic rings. The molecule has 1 aromatic carbocycles. The normalized spacial score (nSPS) is 14.7. The van der Waals surface area contributed by atoms with E-state index in [1.807, 2.05) is 30.5 Å². The van der Waals surface area contributed by atoms with Crippen molar-refractivity contribution >= 4 is 38.9 Å². The fourth-order valence-corrected chi connectivity index (χ4v) is 6.40. The molecule has 1 saturated heterocycles. The number of thiophene rings is 1. The first-order chi connectivity index (χ1) is 18.1. The second kappa shape index (κ2) is 13.7. The van der Waals surface area contributed by atoms with Crippen molar-refractivity contribution in [2.75, 3.05) is 31.5 Å². The third-order valence-electron chi connectivity index (χ3n) is 6.14. The summed E-state index contributed by atoms with van der Waals surface area (Å²) < 4.78 is 56.0. The molecule has 2 heterocycles. The number of hydrogen-bond donors (Lipinski definition) is 4. The minimum atomic E-state index is -4.17. The van der Waals surface area contributed by atoms with Crippen LogP contribution in [-0.4, -0.2) is 57.4 Å². The summed E-state index contributed by atoms with van der Waals surface area (Å²) in [5.41, 5.74) is 12.0. The maximum Gasteiger partial charge on any atom is 0.269 e. The molecule has 3 rings (SSSR count). The average Bonchev–Trinajstić information content (AvgIpc) is 3.43. The number of likely N-dealkylation sites (tertiary alicyclic amines) is 1. The molecule has 1 unspecified atom stereocenters. The van der Waals surface area contributed by atoms with Crippen LogP contribution in [0.2, 0.25) is 0 Å². The predicted octanol–water partition coefficient (Wildman–Crippen LogP) is 3.71. The van der Waals surface area contributed by atoms with E-state index in [1.165, 1.54) is 22.3 Å². The molecule has 0 bridgehead atoms. The summed E-state index contributed by atoms with van der Waals surface area (Å²) in [7, 11) is -4.17. The minimum Gasteiger partial charge on any atom is -0.383 e. The molecule has 1 aliphatic rings. The van der Waals surface area contributed by atoms with Gasteiger partial charge in [-0.3, -0.25) is 9.79 Å². The first-order valence-corrected chi connectivity index (χ1v) is 14.8. The van der Waals surface area contributed by atoms with Crippen LogP contribution in [-0.2, 0) is 14.8 Å². The van der Waals surface area contributed by atoms with Crippen molar-refractivity contribution in [1.82, 2.24) is 9.62 Å². The number of aliphatic imine (C=N–C) groups is 1. The zero-order chi connectivity index (χ0) is 27.7. The molecular weight excluding hydrogens is 534 g/mol. The third-order valence-corrected chi connectivity index (χ3v) is 8.56. The van der Waals surface area contributed by atoms with Gasteiger partial charge in [-0.15, -0.1) is 11.3 Å². The van der Waals surface area contributed by atoms with Crippen LogP contribution in [0.5, 0.6) is 0 Å². The number of sulfonamides is 1. The summed E-state index contributed by atoms with van der Waals surface area (Å²) in [6.07, 6.45) is -0.365. The second-order valence-corrected chi connectivity index (χ2v) is 11.5. The van der Waals surface area contributed by atoms with Gasteiger partial charge < -0.3 is 21.7 Å². The molecule has 0 saturated carbocycles. The van der Waals surface area contributed by atoms with E-state index in [9.17, 15) is 22.0 Å². The maximum absolute atomic E-state index is 13.7. The number of benzene rings is 1.